The van der Waals surface area contributed by atoms with Crippen LogP contribution in [-0.2, 0) is 0 Å². The van der Waals surface area contributed by atoms with Crippen molar-refractivity contribution in [2.75, 3.05) is 0 Å². The molecule has 0 spiro atoms. The first kappa shape index (κ1) is 12.5. The molecule has 0 aliphatic carbocycles. The van der Waals surface area contributed by atoms with Crippen LogP contribution in [0.4, 0.5) is 0 Å². The average molecular weight is 317 g/mol. The Morgan fingerprint density at radius 2 is 2.29 bits per heavy atom. The first-order valence-corrected chi connectivity index (χ1v) is 6.34. The lowest BCUT2D eigenvalue weighted by Gasteiger charge is -2.02. The minimum atomic E-state index is -0.570. The van der Waals surface area contributed by atoms with E-state index in [2.05, 4.69) is 26.2 Å². The maximum atomic E-state index is 9.64. The van der Waals surface area contributed by atoms with Gasteiger partial charge in [0.2, 0.25) is 0 Å². The molecular formula is C11H11BrClN3O. The van der Waals surface area contributed by atoms with Crippen LogP contribution in [0.25, 0.3) is 5.69 Å². The lowest BCUT2D eigenvalue weighted by Crippen LogP contribution is -1.95. The van der Waals surface area contributed by atoms with Crippen LogP contribution < -0.4 is 0 Å². The van der Waals surface area contributed by atoms with Gasteiger partial charge < -0.3 is 5.11 Å². The molecule has 1 heterocycles. The van der Waals surface area contributed by atoms with Crippen LogP contribution in [0.15, 0.2) is 28.9 Å². The minimum Gasteiger partial charge on any atom is -0.387 e. The Kier molecular flexibility index (Phi) is 3.81. The van der Waals surface area contributed by atoms with E-state index in [-0.39, 0.29) is 0 Å². The van der Waals surface area contributed by atoms with Crippen LogP contribution in [0, 0.1) is 0 Å². The number of hydrogen-bond donors (Lipinski definition) is 1. The van der Waals surface area contributed by atoms with Crippen LogP contribution in [0.5, 0.6) is 0 Å². The molecule has 0 amide bonds. The van der Waals surface area contributed by atoms with E-state index in [1.807, 2.05) is 19.1 Å². The largest absolute Gasteiger partial charge is 0.387 e. The van der Waals surface area contributed by atoms with Crippen molar-refractivity contribution in [1.82, 2.24) is 15.0 Å². The Balaban J connectivity index is 2.33. The molecule has 0 saturated heterocycles. The fourth-order valence-corrected chi connectivity index (χ4v) is 1.88. The summed E-state index contributed by atoms with van der Waals surface area (Å²) in [5.74, 6) is 0. The highest BCUT2D eigenvalue weighted by Gasteiger charge is 2.10. The van der Waals surface area contributed by atoms with Crippen molar-refractivity contribution < 1.29 is 5.11 Å². The summed E-state index contributed by atoms with van der Waals surface area (Å²) in [7, 11) is 0. The Morgan fingerprint density at radius 3 is 2.94 bits per heavy atom. The van der Waals surface area contributed by atoms with Crippen molar-refractivity contribution in [3.63, 3.8) is 0 Å². The average Bonchev–Trinajstić information content (AvgIpc) is 2.81. The second-order valence-electron chi connectivity index (χ2n) is 3.61. The lowest BCUT2D eigenvalue weighted by atomic mass is 10.2. The summed E-state index contributed by atoms with van der Waals surface area (Å²) in [4.78, 5) is 0. The summed E-state index contributed by atoms with van der Waals surface area (Å²) in [5.41, 5.74) is 1.40. The molecular weight excluding hydrogens is 305 g/mol. The molecule has 0 fully saturated rings. The quantitative estimate of drug-likeness (QED) is 0.946. The van der Waals surface area contributed by atoms with Gasteiger partial charge in [0, 0.05) is 4.47 Å². The molecule has 2 rings (SSSR count). The summed E-state index contributed by atoms with van der Waals surface area (Å²) >= 11 is 9.26. The molecule has 1 aromatic heterocycles. The molecule has 4 nitrogen and oxygen atoms in total. The van der Waals surface area contributed by atoms with E-state index in [9.17, 15) is 5.11 Å². The zero-order valence-corrected chi connectivity index (χ0v) is 11.5. The van der Waals surface area contributed by atoms with E-state index >= 15 is 0 Å². The van der Waals surface area contributed by atoms with Gasteiger partial charge in [-0.3, -0.25) is 0 Å². The second-order valence-corrected chi connectivity index (χ2v) is 4.87. The van der Waals surface area contributed by atoms with Crippen LogP contribution in [0.1, 0.15) is 25.1 Å². The van der Waals surface area contributed by atoms with Crippen LogP contribution >= 0.6 is 27.5 Å². The smallest absolute Gasteiger partial charge is 0.112 e. The van der Waals surface area contributed by atoms with Gasteiger partial charge in [-0.05, 0) is 40.5 Å². The Bertz CT molecular complexity index is 529. The normalized spacial score (nSPS) is 12.7. The highest BCUT2D eigenvalue weighted by Crippen LogP contribution is 2.25. The molecule has 17 heavy (non-hydrogen) atoms. The van der Waals surface area contributed by atoms with E-state index < -0.39 is 6.10 Å². The molecule has 0 aliphatic rings. The molecule has 0 saturated carbocycles. The second kappa shape index (κ2) is 5.16. The van der Waals surface area contributed by atoms with Crippen molar-refractivity contribution in [2.24, 2.45) is 0 Å². The molecule has 0 bridgehead atoms. The molecule has 2 aromatic rings. The summed E-state index contributed by atoms with van der Waals surface area (Å²) in [5, 5.41) is 18.2. The number of nitrogens with zero attached hydrogens (tertiary/aromatic N) is 3. The lowest BCUT2D eigenvalue weighted by molar-refractivity contribution is 0.169. The molecule has 1 atom stereocenters. The molecule has 6 heteroatoms. The Morgan fingerprint density at radius 1 is 1.53 bits per heavy atom. The standard InChI is InChI=1S/C11H11BrClN3O/c1-2-11(17)10-6-16(15-14-10)7-3-4-9(13)8(12)5-7/h3-6,11,17H,2H2,1H3. The SMILES string of the molecule is CCC(O)c1cn(-c2ccc(Cl)c(Br)c2)nn1. The summed E-state index contributed by atoms with van der Waals surface area (Å²) in [6.07, 6.45) is 1.76. The van der Waals surface area contributed by atoms with Crippen molar-refractivity contribution in [2.45, 2.75) is 19.4 Å². The van der Waals surface area contributed by atoms with Crippen molar-refractivity contribution >= 4 is 27.5 Å². The summed E-state index contributed by atoms with van der Waals surface area (Å²) < 4.78 is 2.40. The van der Waals surface area contributed by atoms with E-state index in [1.54, 1.807) is 16.9 Å². The molecule has 0 aliphatic heterocycles. The highest BCUT2D eigenvalue weighted by atomic mass is 79.9. The van der Waals surface area contributed by atoms with Crippen molar-refractivity contribution in [3.05, 3.63) is 39.6 Å². The fraction of sp³-hybridized carbons (Fsp3) is 0.273. The molecule has 1 aromatic carbocycles. The topological polar surface area (TPSA) is 50.9 Å². The zero-order valence-electron chi connectivity index (χ0n) is 9.14. The number of rotatable bonds is 3. The third-order valence-electron chi connectivity index (χ3n) is 2.41. The fourth-order valence-electron chi connectivity index (χ4n) is 1.39. The third kappa shape index (κ3) is 2.68. The minimum absolute atomic E-state index is 0.568. The predicted octanol–water partition coefficient (Wildman–Crippen LogP) is 3.13. The van der Waals surface area contributed by atoms with Gasteiger partial charge in [-0.15, -0.1) is 5.10 Å². The number of benzene rings is 1. The van der Waals surface area contributed by atoms with Gasteiger partial charge in [-0.2, -0.15) is 0 Å². The number of halogens is 2. The summed E-state index contributed by atoms with van der Waals surface area (Å²) in [6.45, 7) is 1.89. The van der Waals surface area contributed by atoms with Gasteiger partial charge in [0.1, 0.15) is 5.69 Å². The first-order chi connectivity index (χ1) is 8.11. The monoisotopic (exact) mass is 315 g/mol. The molecule has 90 valence electrons. The summed E-state index contributed by atoms with van der Waals surface area (Å²) in [6, 6.07) is 5.46. The highest BCUT2D eigenvalue weighted by molar-refractivity contribution is 9.10. The van der Waals surface area contributed by atoms with Crippen molar-refractivity contribution in [1.29, 1.82) is 0 Å². The number of aliphatic hydroxyl groups is 1. The first-order valence-electron chi connectivity index (χ1n) is 5.17. The van der Waals surface area contributed by atoms with Gasteiger partial charge in [0.25, 0.3) is 0 Å². The van der Waals surface area contributed by atoms with Crippen molar-refractivity contribution in [3.8, 4) is 5.69 Å². The van der Waals surface area contributed by atoms with Gasteiger partial charge in [-0.25, -0.2) is 4.68 Å². The Labute approximate surface area is 112 Å². The van der Waals surface area contributed by atoms with Gasteiger partial charge >= 0.3 is 0 Å². The van der Waals surface area contributed by atoms with E-state index in [4.69, 9.17) is 11.6 Å². The number of hydrogen-bond acceptors (Lipinski definition) is 3. The number of aliphatic hydroxyl groups excluding tert-OH is 1. The molecule has 0 radical (unpaired) electrons. The van der Waals surface area contributed by atoms with Crippen LogP contribution in [-0.4, -0.2) is 20.1 Å². The predicted molar refractivity (Wildman–Crippen MR) is 69.3 cm³/mol. The van der Waals surface area contributed by atoms with Crippen LogP contribution in [0.2, 0.25) is 5.02 Å². The Hall–Kier alpha value is -0.910. The van der Waals surface area contributed by atoms with Gasteiger partial charge in [-0.1, -0.05) is 23.7 Å². The van der Waals surface area contributed by atoms with Crippen LogP contribution in [0.3, 0.4) is 0 Å². The van der Waals surface area contributed by atoms with Gasteiger partial charge in [0.15, 0.2) is 0 Å². The zero-order chi connectivity index (χ0) is 12.4. The maximum Gasteiger partial charge on any atom is 0.112 e. The van der Waals surface area contributed by atoms with E-state index in [0.29, 0.717) is 17.1 Å². The number of aromatic nitrogens is 3. The maximum absolute atomic E-state index is 9.64. The van der Waals surface area contributed by atoms with E-state index in [1.165, 1.54) is 0 Å². The third-order valence-corrected chi connectivity index (χ3v) is 3.62. The molecule has 1 N–H and O–H groups in total. The molecule has 1 unspecified atom stereocenters. The van der Waals surface area contributed by atoms with E-state index in [0.717, 1.165) is 10.2 Å². The van der Waals surface area contributed by atoms with Gasteiger partial charge in [0.05, 0.1) is 23.0 Å².